The van der Waals surface area contributed by atoms with Gasteiger partial charge in [0.2, 0.25) is 5.91 Å². The maximum Gasteiger partial charge on any atom is 0.325 e. The number of aliphatic hydroxyl groups is 1. The fourth-order valence-electron chi connectivity index (χ4n) is 2.81. The molecule has 0 aromatic carbocycles. The van der Waals surface area contributed by atoms with Gasteiger partial charge in [-0.05, 0) is 26.7 Å². The van der Waals surface area contributed by atoms with Crippen LogP contribution in [0.2, 0.25) is 0 Å². The van der Waals surface area contributed by atoms with E-state index in [9.17, 15) is 19.5 Å². The molecule has 1 saturated heterocycles. The second-order valence-corrected chi connectivity index (χ2v) is 6.33. The highest BCUT2D eigenvalue weighted by Gasteiger charge is 2.45. The predicted octanol–water partition coefficient (Wildman–Crippen LogP) is 0.127. The van der Waals surface area contributed by atoms with E-state index in [1.54, 1.807) is 13.8 Å². The molecule has 1 saturated carbocycles. The minimum atomic E-state index is -0.973. The number of rotatable bonds is 3. The van der Waals surface area contributed by atoms with Gasteiger partial charge in [0.15, 0.2) is 0 Å². The van der Waals surface area contributed by atoms with E-state index in [0.29, 0.717) is 6.42 Å². The molecule has 2 rings (SSSR count). The Kier molecular flexibility index (Phi) is 4.51. The monoisotopic (exact) mass is 297 g/mol. The minimum Gasteiger partial charge on any atom is -0.391 e. The Hall–Kier alpha value is -1.63. The number of nitrogens with zero attached hydrogens (tertiary/aromatic N) is 1. The van der Waals surface area contributed by atoms with Gasteiger partial charge < -0.3 is 15.7 Å². The van der Waals surface area contributed by atoms with Gasteiger partial charge in [0, 0.05) is 0 Å². The largest absolute Gasteiger partial charge is 0.391 e. The molecule has 1 heterocycles. The summed E-state index contributed by atoms with van der Waals surface area (Å²) in [7, 11) is 0. The van der Waals surface area contributed by atoms with Gasteiger partial charge in [-0.15, -0.1) is 0 Å². The highest BCUT2D eigenvalue weighted by Crippen LogP contribution is 2.19. The van der Waals surface area contributed by atoms with E-state index >= 15 is 0 Å². The van der Waals surface area contributed by atoms with Crippen LogP contribution >= 0.6 is 0 Å². The molecule has 1 aliphatic heterocycles. The van der Waals surface area contributed by atoms with Crippen LogP contribution in [0.4, 0.5) is 4.79 Å². The summed E-state index contributed by atoms with van der Waals surface area (Å²) in [5, 5.41) is 15.2. The predicted molar refractivity (Wildman–Crippen MR) is 75.3 cm³/mol. The third-order valence-electron chi connectivity index (χ3n) is 4.07. The third-order valence-corrected chi connectivity index (χ3v) is 4.07. The Bertz CT molecular complexity index is 450. The number of carbonyl (C=O) groups excluding carboxylic acids is 3. The van der Waals surface area contributed by atoms with E-state index in [1.807, 2.05) is 0 Å². The molecular weight excluding hydrogens is 274 g/mol. The normalized spacial score (nSPS) is 29.0. The van der Waals surface area contributed by atoms with Crippen LogP contribution in [0.1, 0.15) is 46.0 Å². The van der Waals surface area contributed by atoms with Crippen molar-refractivity contribution in [1.29, 1.82) is 0 Å². The molecule has 2 unspecified atom stereocenters. The first kappa shape index (κ1) is 15.8. The summed E-state index contributed by atoms with van der Waals surface area (Å²) < 4.78 is 0. The number of imide groups is 1. The molecule has 4 amide bonds. The topological polar surface area (TPSA) is 98.7 Å². The minimum absolute atomic E-state index is 0.297. The molecule has 21 heavy (non-hydrogen) atoms. The van der Waals surface area contributed by atoms with Crippen LogP contribution in [0.3, 0.4) is 0 Å². The molecule has 7 nitrogen and oxygen atoms in total. The zero-order chi connectivity index (χ0) is 15.6. The maximum absolute atomic E-state index is 12.0. The van der Waals surface area contributed by atoms with Crippen molar-refractivity contribution in [3.8, 4) is 0 Å². The fourth-order valence-corrected chi connectivity index (χ4v) is 2.81. The van der Waals surface area contributed by atoms with Gasteiger partial charge in [0.25, 0.3) is 5.91 Å². The smallest absolute Gasteiger partial charge is 0.325 e. The molecule has 2 aliphatic rings. The fraction of sp³-hybridized carbons (Fsp3) is 0.786. The van der Waals surface area contributed by atoms with E-state index in [0.717, 1.165) is 30.6 Å². The summed E-state index contributed by atoms with van der Waals surface area (Å²) in [4.78, 5) is 36.7. The van der Waals surface area contributed by atoms with Crippen LogP contribution in [0, 0.1) is 0 Å². The number of carbonyl (C=O) groups is 3. The lowest BCUT2D eigenvalue weighted by Crippen LogP contribution is -2.48. The van der Waals surface area contributed by atoms with Crippen LogP contribution in [0.15, 0.2) is 0 Å². The van der Waals surface area contributed by atoms with E-state index in [4.69, 9.17) is 0 Å². The van der Waals surface area contributed by atoms with Crippen LogP contribution in [0.25, 0.3) is 0 Å². The lowest BCUT2D eigenvalue weighted by molar-refractivity contribution is -0.134. The third kappa shape index (κ3) is 3.53. The second-order valence-electron chi connectivity index (χ2n) is 6.33. The quantitative estimate of drug-likeness (QED) is 0.509. The van der Waals surface area contributed by atoms with Crippen molar-refractivity contribution in [2.24, 2.45) is 0 Å². The average Bonchev–Trinajstić information content (AvgIpc) is 2.56. The van der Waals surface area contributed by atoms with E-state index in [1.165, 1.54) is 0 Å². The Morgan fingerprint density at radius 2 is 2.00 bits per heavy atom. The van der Waals surface area contributed by atoms with Crippen LogP contribution in [0.5, 0.6) is 0 Å². The van der Waals surface area contributed by atoms with Crippen molar-refractivity contribution in [2.75, 3.05) is 6.54 Å². The van der Waals surface area contributed by atoms with Gasteiger partial charge in [0.1, 0.15) is 12.1 Å². The summed E-state index contributed by atoms with van der Waals surface area (Å²) in [5.41, 5.74) is -0.973. The number of amides is 4. The van der Waals surface area contributed by atoms with Crippen molar-refractivity contribution < 1.29 is 19.5 Å². The molecule has 0 aromatic heterocycles. The molecule has 7 heteroatoms. The number of aliphatic hydroxyl groups excluding tert-OH is 1. The molecule has 0 radical (unpaired) electrons. The Labute approximate surface area is 124 Å². The van der Waals surface area contributed by atoms with Crippen molar-refractivity contribution in [1.82, 2.24) is 15.5 Å². The molecule has 2 fully saturated rings. The molecule has 0 bridgehead atoms. The van der Waals surface area contributed by atoms with Gasteiger partial charge in [-0.25, -0.2) is 4.79 Å². The average molecular weight is 297 g/mol. The van der Waals surface area contributed by atoms with Gasteiger partial charge in [-0.3, -0.25) is 14.5 Å². The highest BCUT2D eigenvalue weighted by atomic mass is 16.3. The Morgan fingerprint density at radius 1 is 1.33 bits per heavy atom. The number of urea groups is 1. The summed E-state index contributed by atoms with van der Waals surface area (Å²) >= 11 is 0. The summed E-state index contributed by atoms with van der Waals surface area (Å²) in [6.45, 7) is 2.89. The lowest BCUT2D eigenvalue weighted by Gasteiger charge is -2.23. The van der Waals surface area contributed by atoms with Crippen molar-refractivity contribution in [3.05, 3.63) is 0 Å². The summed E-state index contributed by atoms with van der Waals surface area (Å²) in [6.07, 6.45) is 3.79. The molecule has 118 valence electrons. The first-order valence-electron chi connectivity index (χ1n) is 7.43. The molecular formula is C14H23N3O4. The first-order chi connectivity index (χ1) is 9.81. The van der Waals surface area contributed by atoms with Gasteiger partial charge in [0.05, 0.1) is 12.1 Å². The Balaban J connectivity index is 1.92. The second kappa shape index (κ2) is 6.01. The van der Waals surface area contributed by atoms with Gasteiger partial charge in [-0.2, -0.15) is 0 Å². The zero-order valence-corrected chi connectivity index (χ0v) is 12.5. The molecule has 1 aliphatic carbocycles. The van der Waals surface area contributed by atoms with Gasteiger partial charge in [-0.1, -0.05) is 19.3 Å². The number of hydrogen-bond acceptors (Lipinski definition) is 4. The van der Waals surface area contributed by atoms with Crippen molar-refractivity contribution in [2.45, 2.75) is 63.6 Å². The summed E-state index contributed by atoms with van der Waals surface area (Å²) in [5.74, 6) is -0.828. The number of hydrogen-bond donors (Lipinski definition) is 3. The van der Waals surface area contributed by atoms with E-state index in [-0.39, 0.29) is 12.6 Å². The highest BCUT2D eigenvalue weighted by molar-refractivity contribution is 6.08. The van der Waals surface area contributed by atoms with Crippen LogP contribution in [-0.2, 0) is 9.59 Å². The lowest BCUT2D eigenvalue weighted by atomic mass is 10.1. The molecule has 2 atom stereocenters. The summed E-state index contributed by atoms with van der Waals surface area (Å²) in [6, 6.07) is -0.852. The SMILES string of the molecule is CC1(C)NC(=O)N(CC(=O)NC2CCCCCC2O)C1=O. The number of nitrogens with one attached hydrogen (secondary N) is 2. The first-order valence-corrected chi connectivity index (χ1v) is 7.43. The van der Waals surface area contributed by atoms with E-state index in [2.05, 4.69) is 10.6 Å². The Morgan fingerprint density at radius 3 is 2.62 bits per heavy atom. The van der Waals surface area contributed by atoms with Crippen LogP contribution < -0.4 is 10.6 Å². The molecule has 0 aromatic rings. The van der Waals surface area contributed by atoms with Crippen LogP contribution in [-0.4, -0.2) is 52.1 Å². The van der Waals surface area contributed by atoms with Crippen molar-refractivity contribution >= 4 is 17.8 Å². The standard InChI is InChI=1S/C14H23N3O4/c1-14(2)12(20)17(13(21)16-14)8-11(19)15-9-6-4-3-5-7-10(9)18/h9-10,18H,3-8H2,1-2H3,(H,15,19)(H,16,21). The van der Waals surface area contributed by atoms with E-state index < -0.39 is 29.5 Å². The van der Waals surface area contributed by atoms with Crippen molar-refractivity contribution in [3.63, 3.8) is 0 Å². The van der Waals surface area contributed by atoms with Gasteiger partial charge >= 0.3 is 6.03 Å². The molecule has 0 spiro atoms. The molecule has 3 N–H and O–H groups in total. The zero-order valence-electron chi connectivity index (χ0n) is 12.5. The maximum atomic E-state index is 12.0.